The summed E-state index contributed by atoms with van der Waals surface area (Å²) in [5, 5.41) is 3.55. The molecule has 2 rings (SSSR count). The Morgan fingerprint density at radius 3 is 2.89 bits per heavy atom. The molecule has 0 aliphatic heterocycles. The van der Waals surface area contributed by atoms with Crippen molar-refractivity contribution in [1.82, 2.24) is 4.98 Å². The molecular weight excluding hydrogens is 236 g/mol. The Hall–Kier alpha value is -1.25. The predicted molar refractivity (Wildman–Crippen MR) is 79.7 cm³/mol. The lowest BCUT2D eigenvalue weighted by atomic mass is 9.84. The SMILES string of the molecule is CCCOc1cccnc1NC(C)C1CCCCC1. The quantitative estimate of drug-likeness (QED) is 0.832. The number of aromatic nitrogens is 1. The first kappa shape index (κ1) is 14.2. The summed E-state index contributed by atoms with van der Waals surface area (Å²) in [5.74, 6) is 2.55. The van der Waals surface area contributed by atoms with Gasteiger partial charge in [0.15, 0.2) is 11.6 Å². The van der Waals surface area contributed by atoms with Gasteiger partial charge in [-0.1, -0.05) is 26.2 Å². The van der Waals surface area contributed by atoms with Crippen LogP contribution >= 0.6 is 0 Å². The molecule has 1 atom stereocenters. The summed E-state index contributed by atoms with van der Waals surface area (Å²) < 4.78 is 5.75. The van der Waals surface area contributed by atoms with E-state index >= 15 is 0 Å². The molecule has 3 nitrogen and oxygen atoms in total. The maximum absolute atomic E-state index is 5.75. The number of pyridine rings is 1. The molecule has 0 amide bonds. The van der Waals surface area contributed by atoms with E-state index in [1.165, 1.54) is 32.1 Å². The van der Waals surface area contributed by atoms with Crippen molar-refractivity contribution in [2.24, 2.45) is 5.92 Å². The maximum Gasteiger partial charge on any atom is 0.168 e. The maximum atomic E-state index is 5.75. The number of hydrogen-bond acceptors (Lipinski definition) is 3. The van der Waals surface area contributed by atoms with E-state index in [1.807, 2.05) is 18.3 Å². The minimum atomic E-state index is 0.471. The average molecular weight is 262 g/mol. The van der Waals surface area contributed by atoms with Crippen LogP contribution in [0.1, 0.15) is 52.4 Å². The molecule has 1 fully saturated rings. The van der Waals surface area contributed by atoms with Gasteiger partial charge in [-0.3, -0.25) is 0 Å². The average Bonchev–Trinajstić information content (AvgIpc) is 2.47. The summed E-state index contributed by atoms with van der Waals surface area (Å²) in [6, 6.07) is 4.40. The molecule has 1 aliphatic rings. The van der Waals surface area contributed by atoms with Crippen LogP contribution in [0.15, 0.2) is 18.3 Å². The van der Waals surface area contributed by atoms with E-state index in [9.17, 15) is 0 Å². The van der Waals surface area contributed by atoms with E-state index in [1.54, 1.807) is 0 Å². The van der Waals surface area contributed by atoms with Crippen LogP contribution < -0.4 is 10.1 Å². The van der Waals surface area contributed by atoms with Crippen LogP contribution in [-0.2, 0) is 0 Å². The van der Waals surface area contributed by atoms with Crippen molar-refractivity contribution >= 4 is 5.82 Å². The van der Waals surface area contributed by atoms with Gasteiger partial charge in [-0.15, -0.1) is 0 Å². The zero-order valence-electron chi connectivity index (χ0n) is 12.2. The summed E-state index contributed by atoms with van der Waals surface area (Å²) >= 11 is 0. The fraction of sp³-hybridized carbons (Fsp3) is 0.688. The molecule has 0 radical (unpaired) electrons. The molecule has 19 heavy (non-hydrogen) atoms. The van der Waals surface area contributed by atoms with E-state index in [0.717, 1.165) is 30.5 Å². The molecule has 106 valence electrons. The van der Waals surface area contributed by atoms with Crippen molar-refractivity contribution in [3.63, 3.8) is 0 Å². The third-order valence-electron chi connectivity index (χ3n) is 3.95. The Labute approximate surface area is 116 Å². The van der Waals surface area contributed by atoms with E-state index in [0.29, 0.717) is 6.04 Å². The van der Waals surface area contributed by atoms with Gasteiger partial charge in [0.1, 0.15) is 0 Å². The predicted octanol–water partition coefficient (Wildman–Crippen LogP) is 4.25. The molecule has 0 spiro atoms. The highest BCUT2D eigenvalue weighted by Gasteiger charge is 2.21. The van der Waals surface area contributed by atoms with Crippen LogP contribution in [0.4, 0.5) is 5.82 Å². The topological polar surface area (TPSA) is 34.1 Å². The van der Waals surface area contributed by atoms with Crippen molar-refractivity contribution in [2.75, 3.05) is 11.9 Å². The van der Waals surface area contributed by atoms with E-state index in [4.69, 9.17) is 4.74 Å². The van der Waals surface area contributed by atoms with Gasteiger partial charge in [0.2, 0.25) is 0 Å². The molecule has 1 saturated carbocycles. The highest BCUT2D eigenvalue weighted by molar-refractivity contribution is 5.50. The molecule has 1 aromatic heterocycles. The molecule has 3 heteroatoms. The molecule has 1 N–H and O–H groups in total. The van der Waals surface area contributed by atoms with Crippen LogP contribution in [-0.4, -0.2) is 17.6 Å². The molecule has 0 aromatic carbocycles. The summed E-state index contributed by atoms with van der Waals surface area (Å²) in [6.45, 7) is 5.14. The second-order valence-corrected chi connectivity index (χ2v) is 5.53. The Morgan fingerprint density at radius 1 is 1.37 bits per heavy atom. The number of hydrogen-bond donors (Lipinski definition) is 1. The summed E-state index contributed by atoms with van der Waals surface area (Å²) in [7, 11) is 0. The van der Waals surface area contributed by atoms with Crippen molar-refractivity contribution in [3.8, 4) is 5.75 Å². The van der Waals surface area contributed by atoms with Gasteiger partial charge in [0.05, 0.1) is 6.61 Å². The zero-order valence-corrected chi connectivity index (χ0v) is 12.2. The monoisotopic (exact) mass is 262 g/mol. The molecule has 0 saturated heterocycles. The lowest BCUT2D eigenvalue weighted by Gasteiger charge is -2.29. The summed E-state index contributed by atoms with van der Waals surface area (Å²) in [6.07, 6.45) is 9.67. The third-order valence-corrected chi connectivity index (χ3v) is 3.95. The van der Waals surface area contributed by atoms with Crippen LogP contribution in [0.2, 0.25) is 0 Å². The first-order chi connectivity index (χ1) is 9.31. The van der Waals surface area contributed by atoms with Crippen LogP contribution in [0.25, 0.3) is 0 Å². The number of rotatable bonds is 6. The number of anilines is 1. The normalized spacial score (nSPS) is 18.0. The lowest BCUT2D eigenvalue weighted by molar-refractivity contribution is 0.312. The lowest BCUT2D eigenvalue weighted by Crippen LogP contribution is -2.28. The van der Waals surface area contributed by atoms with Crippen LogP contribution in [0, 0.1) is 5.92 Å². The van der Waals surface area contributed by atoms with E-state index in [-0.39, 0.29) is 0 Å². The second kappa shape index (κ2) is 7.37. The molecular formula is C16H26N2O. The van der Waals surface area contributed by atoms with Gasteiger partial charge in [-0.25, -0.2) is 4.98 Å². The fourth-order valence-corrected chi connectivity index (χ4v) is 2.80. The minimum Gasteiger partial charge on any atom is -0.490 e. The standard InChI is InChI=1S/C16H26N2O/c1-3-12-19-15-10-7-11-17-16(15)18-13(2)14-8-5-4-6-9-14/h7,10-11,13-14H,3-6,8-9,12H2,1-2H3,(H,17,18). The molecule has 1 heterocycles. The molecule has 1 unspecified atom stereocenters. The first-order valence-corrected chi connectivity index (χ1v) is 7.65. The van der Waals surface area contributed by atoms with Crippen molar-refractivity contribution in [1.29, 1.82) is 0 Å². The molecule has 0 bridgehead atoms. The highest BCUT2D eigenvalue weighted by Crippen LogP contribution is 2.29. The second-order valence-electron chi connectivity index (χ2n) is 5.53. The number of nitrogens with zero attached hydrogens (tertiary/aromatic N) is 1. The number of ether oxygens (including phenoxy) is 1. The van der Waals surface area contributed by atoms with Crippen molar-refractivity contribution < 1.29 is 4.74 Å². The highest BCUT2D eigenvalue weighted by atomic mass is 16.5. The van der Waals surface area contributed by atoms with Crippen LogP contribution in [0.5, 0.6) is 5.75 Å². The largest absolute Gasteiger partial charge is 0.490 e. The Bertz CT molecular complexity index is 375. The summed E-state index contributed by atoms with van der Waals surface area (Å²) in [4.78, 5) is 4.43. The van der Waals surface area contributed by atoms with Crippen LogP contribution in [0.3, 0.4) is 0 Å². The van der Waals surface area contributed by atoms with Gasteiger partial charge in [0, 0.05) is 12.2 Å². The minimum absolute atomic E-state index is 0.471. The van der Waals surface area contributed by atoms with Gasteiger partial charge in [-0.05, 0) is 44.2 Å². The smallest absolute Gasteiger partial charge is 0.168 e. The Kier molecular flexibility index (Phi) is 5.49. The van der Waals surface area contributed by atoms with E-state index in [2.05, 4.69) is 24.1 Å². The van der Waals surface area contributed by atoms with Gasteiger partial charge >= 0.3 is 0 Å². The van der Waals surface area contributed by atoms with Crippen molar-refractivity contribution in [2.45, 2.75) is 58.4 Å². The van der Waals surface area contributed by atoms with Gasteiger partial charge in [0.25, 0.3) is 0 Å². The summed E-state index contributed by atoms with van der Waals surface area (Å²) in [5.41, 5.74) is 0. The van der Waals surface area contributed by atoms with E-state index < -0.39 is 0 Å². The number of nitrogens with one attached hydrogen (secondary N) is 1. The fourth-order valence-electron chi connectivity index (χ4n) is 2.80. The Morgan fingerprint density at radius 2 is 2.16 bits per heavy atom. The third kappa shape index (κ3) is 4.12. The van der Waals surface area contributed by atoms with Gasteiger partial charge in [-0.2, -0.15) is 0 Å². The zero-order chi connectivity index (χ0) is 13.5. The molecule has 1 aliphatic carbocycles. The van der Waals surface area contributed by atoms with Gasteiger partial charge < -0.3 is 10.1 Å². The Balaban J connectivity index is 1.96. The molecule has 1 aromatic rings. The van der Waals surface area contributed by atoms with Crippen molar-refractivity contribution in [3.05, 3.63) is 18.3 Å². The first-order valence-electron chi connectivity index (χ1n) is 7.65.